The van der Waals surface area contributed by atoms with E-state index in [0.717, 1.165) is 0 Å². The van der Waals surface area contributed by atoms with Crippen molar-refractivity contribution in [2.75, 3.05) is 6.61 Å². The van der Waals surface area contributed by atoms with E-state index in [1.807, 2.05) is 0 Å². The van der Waals surface area contributed by atoms with Crippen molar-refractivity contribution >= 4 is 22.6 Å². The number of hydrogen-bond acceptors (Lipinski definition) is 5. The summed E-state index contributed by atoms with van der Waals surface area (Å²) in [5.41, 5.74) is -1.23. The van der Waals surface area contributed by atoms with Gasteiger partial charge in [-0.15, -0.1) is 0 Å². The summed E-state index contributed by atoms with van der Waals surface area (Å²) in [4.78, 5) is 34.7. The number of aromatic nitrogens is 1. The standard InChI is InChI=1S/C15H16N2O5/c1-4-22-14(19)15(2,3)16-12-7-6-11(17(20)21)9-10(12)5-8-13(16)18/h5-9H,4H2,1-3H3. The first-order valence-corrected chi connectivity index (χ1v) is 6.77. The predicted molar refractivity (Wildman–Crippen MR) is 80.8 cm³/mol. The van der Waals surface area contributed by atoms with Crippen molar-refractivity contribution in [3.05, 3.63) is 50.8 Å². The van der Waals surface area contributed by atoms with Gasteiger partial charge in [0.25, 0.3) is 11.2 Å². The van der Waals surface area contributed by atoms with Crippen LogP contribution in [0.3, 0.4) is 0 Å². The molecule has 0 bridgehead atoms. The Balaban J connectivity index is 2.72. The van der Waals surface area contributed by atoms with Crippen LogP contribution in [0.5, 0.6) is 0 Å². The van der Waals surface area contributed by atoms with Gasteiger partial charge in [0.05, 0.1) is 17.0 Å². The fourth-order valence-corrected chi connectivity index (χ4v) is 2.32. The number of pyridine rings is 1. The quantitative estimate of drug-likeness (QED) is 0.490. The van der Waals surface area contributed by atoms with Crippen molar-refractivity contribution in [2.45, 2.75) is 26.3 Å². The highest BCUT2D eigenvalue weighted by atomic mass is 16.6. The van der Waals surface area contributed by atoms with Crippen molar-refractivity contribution in [2.24, 2.45) is 0 Å². The molecule has 0 unspecified atom stereocenters. The second-order valence-electron chi connectivity index (χ2n) is 5.29. The molecule has 0 saturated heterocycles. The average molecular weight is 304 g/mol. The number of fused-ring (bicyclic) bond motifs is 1. The highest BCUT2D eigenvalue weighted by molar-refractivity contribution is 5.85. The van der Waals surface area contributed by atoms with E-state index in [0.29, 0.717) is 10.9 Å². The lowest BCUT2D eigenvalue weighted by atomic mass is 10.0. The molecule has 2 aromatic rings. The number of non-ortho nitro benzene ring substituents is 1. The number of nitro benzene ring substituents is 1. The van der Waals surface area contributed by atoms with Crippen LogP contribution in [-0.4, -0.2) is 22.1 Å². The van der Waals surface area contributed by atoms with Crippen LogP contribution >= 0.6 is 0 Å². The van der Waals surface area contributed by atoms with Crippen LogP contribution in [0.15, 0.2) is 35.1 Å². The van der Waals surface area contributed by atoms with Crippen molar-refractivity contribution in [3.8, 4) is 0 Å². The van der Waals surface area contributed by atoms with Crippen molar-refractivity contribution in [1.82, 2.24) is 4.57 Å². The molecule has 0 radical (unpaired) electrons. The summed E-state index contributed by atoms with van der Waals surface area (Å²) in [5.74, 6) is -0.539. The second-order valence-corrected chi connectivity index (χ2v) is 5.29. The topological polar surface area (TPSA) is 91.4 Å². The summed E-state index contributed by atoms with van der Waals surface area (Å²) in [7, 11) is 0. The molecule has 116 valence electrons. The maximum Gasteiger partial charge on any atom is 0.331 e. The number of rotatable bonds is 4. The van der Waals surface area contributed by atoms with Gasteiger partial charge in [-0.25, -0.2) is 4.79 Å². The molecule has 0 aliphatic rings. The van der Waals surface area contributed by atoms with E-state index in [-0.39, 0.29) is 17.9 Å². The van der Waals surface area contributed by atoms with Crippen LogP contribution in [0.25, 0.3) is 10.9 Å². The first kappa shape index (κ1) is 15.7. The lowest BCUT2D eigenvalue weighted by Gasteiger charge is -2.26. The van der Waals surface area contributed by atoms with Crippen molar-refractivity contribution in [1.29, 1.82) is 0 Å². The van der Waals surface area contributed by atoms with Gasteiger partial charge in [-0.2, -0.15) is 0 Å². The molecule has 1 aromatic carbocycles. The van der Waals surface area contributed by atoms with Crippen LogP contribution in [0, 0.1) is 10.1 Å². The van der Waals surface area contributed by atoms with Crippen molar-refractivity contribution < 1.29 is 14.5 Å². The Morgan fingerprint density at radius 2 is 2.00 bits per heavy atom. The highest BCUT2D eigenvalue weighted by Gasteiger charge is 2.33. The van der Waals surface area contributed by atoms with Crippen LogP contribution < -0.4 is 5.56 Å². The lowest BCUT2D eigenvalue weighted by Crippen LogP contribution is -2.43. The Kier molecular flexibility index (Phi) is 3.99. The Morgan fingerprint density at radius 1 is 1.32 bits per heavy atom. The van der Waals surface area contributed by atoms with Gasteiger partial charge in [-0.3, -0.25) is 19.5 Å². The third-order valence-electron chi connectivity index (χ3n) is 3.42. The molecule has 0 saturated carbocycles. The number of ether oxygens (including phenoxy) is 1. The minimum absolute atomic E-state index is 0.0772. The van der Waals surface area contributed by atoms with E-state index >= 15 is 0 Å². The Morgan fingerprint density at radius 3 is 2.59 bits per heavy atom. The molecule has 0 fully saturated rings. The number of carbonyl (C=O) groups is 1. The van der Waals surface area contributed by atoms with Gasteiger partial charge in [0.1, 0.15) is 5.54 Å². The first-order valence-electron chi connectivity index (χ1n) is 6.77. The third kappa shape index (κ3) is 2.57. The number of benzene rings is 1. The highest BCUT2D eigenvalue weighted by Crippen LogP contribution is 2.25. The van der Waals surface area contributed by atoms with Crippen LogP contribution in [0.1, 0.15) is 20.8 Å². The molecule has 0 spiro atoms. The maximum absolute atomic E-state index is 12.2. The van der Waals surface area contributed by atoms with Gasteiger partial charge >= 0.3 is 5.97 Å². The molecule has 0 atom stereocenters. The normalized spacial score (nSPS) is 11.4. The molecule has 0 aliphatic heterocycles. The van der Waals surface area contributed by atoms with Gasteiger partial charge in [-0.05, 0) is 32.9 Å². The summed E-state index contributed by atoms with van der Waals surface area (Å²) in [5, 5.41) is 11.4. The van der Waals surface area contributed by atoms with E-state index in [9.17, 15) is 19.7 Å². The second kappa shape index (κ2) is 5.59. The summed E-state index contributed by atoms with van der Waals surface area (Å²) in [6, 6.07) is 6.93. The zero-order chi connectivity index (χ0) is 16.5. The monoisotopic (exact) mass is 304 g/mol. The zero-order valence-electron chi connectivity index (χ0n) is 12.5. The summed E-state index contributed by atoms with van der Waals surface area (Å²) >= 11 is 0. The molecule has 1 heterocycles. The predicted octanol–water partition coefficient (Wildman–Crippen LogP) is 2.21. The van der Waals surface area contributed by atoms with Gasteiger partial charge in [0.15, 0.2) is 0 Å². The molecule has 7 heteroatoms. The molecule has 1 aromatic heterocycles. The summed E-state index contributed by atoms with van der Waals surface area (Å²) < 4.78 is 6.32. The minimum atomic E-state index is -1.22. The van der Waals surface area contributed by atoms with Gasteiger partial charge < -0.3 is 4.74 Å². The molecule has 0 amide bonds. The molecule has 7 nitrogen and oxygen atoms in total. The number of hydrogen-bond donors (Lipinski definition) is 0. The largest absolute Gasteiger partial charge is 0.464 e. The molecular formula is C15H16N2O5. The van der Waals surface area contributed by atoms with E-state index in [1.54, 1.807) is 20.8 Å². The van der Waals surface area contributed by atoms with E-state index < -0.39 is 16.4 Å². The van der Waals surface area contributed by atoms with Gasteiger partial charge in [-0.1, -0.05) is 0 Å². The number of carbonyl (C=O) groups excluding carboxylic acids is 1. The molecule has 0 N–H and O–H groups in total. The van der Waals surface area contributed by atoms with Crippen LogP contribution in [0.4, 0.5) is 5.69 Å². The Hall–Kier alpha value is -2.70. The minimum Gasteiger partial charge on any atom is -0.464 e. The average Bonchev–Trinajstić information content (AvgIpc) is 2.46. The lowest BCUT2D eigenvalue weighted by molar-refractivity contribution is -0.384. The first-order chi connectivity index (χ1) is 10.3. The summed E-state index contributed by atoms with van der Waals surface area (Å²) in [6.45, 7) is 5.04. The van der Waals surface area contributed by atoms with Crippen LogP contribution in [-0.2, 0) is 15.1 Å². The summed E-state index contributed by atoms with van der Waals surface area (Å²) in [6.07, 6.45) is 0. The van der Waals surface area contributed by atoms with E-state index in [4.69, 9.17) is 4.74 Å². The fraction of sp³-hybridized carbons (Fsp3) is 0.333. The zero-order valence-corrected chi connectivity index (χ0v) is 12.5. The molecule has 2 rings (SSSR count). The molecule has 22 heavy (non-hydrogen) atoms. The number of nitro groups is 1. The number of esters is 1. The Bertz CT molecular complexity index is 807. The van der Waals surface area contributed by atoms with Crippen molar-refractivity contribution in [3.63, 3.8) is 0 Å². The number of nitrogens with zero attached hydrogens (tertiary/aromatic N) is 2. The third-order valence-corrected chi connectivity index (χ3v) is 3.42. The van der Waals surface area contributed by atoms with Gasteiger partial charge in [0, 0.05) is 23.6 Å². The fourth-order valence-electron chi connectivity index (χ4n) is 2.32. The van der Waals surface area contributed by atoms with E-state index in [1.165, 1.54) is 34.9 Å². The maximum atomic E-state index is 12.2. The smallest absolute Gasteiger partial charge is 0.331 e. The molecule has 0 aliphatic carbocycles. The SMILES string of the molecule is CCOC(=O)C(C)(C)n1c(=O)ccc2cc([N+](=O)[O-])ccc21. The van der Waals surface area contributed by atoms with Crippen LogP contribution in [0.2, 0.25) is 0 Å². The van der Waals surface area contributed by atoms with Gasteiger partial charge in [0.2, 0.25) is 0 Å². The molecular weight excluding hydrogens is 288 g/mol. The van der Waals surface area contributed by atoms with E-state index in [2.05, 4.69) is 0 Å². The Labute approximate surface area is 126 Å².